The molecule has 0 saturated heterocycles. The van der Waals surface area contributed by atoms with E-state index < -0.39 is 6.48 Å². The molecular weight excluding hydrogens is 358 g/mol. The third-order valence-corrected chi connectivity index (χ3v) is 3.99. The van der Waals surface area contributed by atoms with E-state index in [4.69, 9.17) is 23.7 Å². The van der Waals surface area contributed by atoms with Crippen molar-refractivity contribution in [3.63, 3.8) is 0 Å². The van der Waals surface area contributed by atoms with Crippen LogP contribution in [-0.4, -0.2) is 38.9 Å². The molecule has 140 valence electrons. The van der Waals surface area contributed by atoms with Crippen LogP contribution in [0.15, 0.2) is 48.5 Å². The molecule has 0 fully saturated rings. The van der Waals surface area contributed by atoms with Crippen LogP contribution in [0, 0.1) is 0 Å². The maximum absolute atomic E-state index is 5.90. The molecule has 2 aromatic carbocycles. The Morgan fingerprint density at radius 1 is 0.885 bits per heavy atom. The number of fused-ring (bicyclic) bond motifs is 2. The molecule has 7 heteroatoms. The van der Waals surface area contributed by atoms with Gasteiger partial charge in [-0.05, 0) is 37.2 Å². The Morgan fingerprint density at radius 2 is 1.50 bits per heavy atom. The van der Waals surface area contributed by atoms with E-state index in [1.807, 2.05) is 48.5 Å². The Kier molecular flexibility index (Phi) is 6.44. The van der Waals surface area contributed by atoms with Crippen molar-refractivity contribution >= 4 is 12.4 Å². The zero-order valence-corrected chi connectivity index (χ0v) is 15.1. The molecule has 4 rings (SSSR count). The van der Waals surface area contributed by atoms with Crippen LogP contribution in [0.4, 0.5) is 0 Å². The van der Waals surface area contributed by atoms with E-state index in [1.54, 1.807) is 0 Å². The first-order valence-corrected chi connectivity index (χ1v) is 8.51. The fourth-order valence-corrected chi connectivity index (χ4v) is 2.75. The van der Waals surface area contributed by atoms with Crippen molar-refractivity contribution in [3.8, 4) is 23.0 Å². The average Bonchev–Trinajstić information content (AvgIpc) is 3.07. The molecule has 0 aromatic heterocycles. The van der Waals surface area contributed by atoms with Crippen LogP contribution in [0.1, 0.15) is 6.42 Å². The van der Waals surface area contributed by atoms with Crippen LogP contribution in [0.2, 0.25) is 0 Å². The molecule has 1 atom stereocenters. The maximum atomic E-state index is 5.90. The fourth-order valence-electron chi connectivity index (χ4n) is 2.75. The van der Waals surface area contributed by atoms with Gasteiger partial charge in [0.05, 0.1) is 6.61 Å². The van der Waals surface area contributed by atoms with Crippen molar-refractivity contribution in [2.75, 3.05) is 26.3 Å². The molecule has 26 heavy (non-hydrogen) atoms. The minimum atomic E-state index is -0.649. The molecule has 0 unspecified atom stereocenters. The van der Waals surface area contributed by atoms with Crippen molar-refractivity contribution in [2.24, 2.45) is 0 Å². The quantitative estimate of drug-likeness (QED) is 0.746. The lowest BCUT2D eigenvalue weighted by Gasteiger charge is -2.26. The van der Waals surface area contributed by atoms with Gasteiger partial charge in [-0.1, -0.05) is 24.3 Å². The second-order valence-electron chi connectivity index (χ2n) is 5.90. The number of benzene rings is 2. The standard InChI is InChI=1S/C19H21NO5.ClH/c1-2-7-16-15(6-1)22-13-14(23-16)12-20-10-5-11-21-19-24-17-8-3-4-9-18(17)25-19;/h1-4,6-9,14,19-20H,5,10-13H2;1H/t14-;/m0./s1. The first kappa shape index (κ1) is 18.6. The first-order chi connectivity index (χ1) is 12.4. The molecule has 0 saturated carbocycles. The topological polar surface area (TPSA) is 58.2 Å². The molecule has 0 radical (unpaired) electrons. The number of ether oxygens (including phenoxy) is 5. The lowest BCUT2D eigenvalue weighted by Crippen LogP contribution is -2.39. The normalized spacial score (nSPS) is 17.6. The van der Waals surface area contributed by atoms with Crippen molar-refractivity contribution < 1.29 is 23.7 Å². The van der Waals surface area contributed by atoms with E-state index in [0.29, 0.717) is 13.2 Å². The SMILES string of the molecule is Cl.c1ccc2c(c1)OC[C@H](CNCCCOC1Oc3ccccc3O1)O2. The van der Waals surface area contributed by atoms with Crippen molar-refractivity contribution in [2.45, 2.75) is 19.0 Å². The molecule has 2 aliphatic heterocycles. The van der Waals surface area contributed by atoms with Gasteiger partial charge in [0.2, 0.25) is 0 Å². The van der Waals surface area contributed by atoms with Crippen LogP contribution < -0.4 is 24.3 Å². The number of halogens is 1. The van der Waals surface area contributed by atoms with E-state index in [9.17, 15) is 0 Å². The molecular formula is C19H22ClNO5. The smallest absolute Gasteiger partial charge is 0.361 e. The Balaban J connectivity index is 0.00000196. The largest absolute Gasteiger partial charge is 0.486 e. The Labute approximate surface area is 158 Å². The summed E-state index contributed by atoms with van der Waals surface area (Å²) in [4.78, 5) is 0. The summed E-state index contributed by atoms with van der Waals surface area (Å²) in [5.74, 6) is 3.06. The highest BCUT2D eigenvalue weighted by Crippen LogP contribution is 2.34. The molecule has 0 aliphatic carbocycles. The first-order valence-electron chi connectivity index (χ1n) is 8.51. The number of para-hydroxylation sites is 4. The summed E-state index contributed by atoms with van der Waals surface area (Å²) in [5, 5.41) is 3.36. The average molecular weight is 380 g/mol. The minimum absolute atomic E-state index is 0. The third kappa shape index (κ3) is 4.52. The molecule has 2 aromatic rings. The van der Waals surface area contributed by atoms with Gasteiger partial charge in [-0.25, -0.2) is 0 Å². The second-order valence-corrected chi connectivity index (χ2v) is 5.90. The Morgan fingerprint density at radius 3 is 2.19 bits per heavy atom. The summed E-state index contributed by atoms with van der Waals surface area (Å²) in [7, 11) is 0. The Hall–Kier alpha value is -2.15. The van der Waals surface area contributed by atoms with Crippen LogP contribution >= 0.6 is 12.4 Å². The summed E-state index contributed by atoms with van der Waals surface area (Å²) in [6, 6.07) is 15.3. The van der Waals surface area contributed by atoms with Gasteiger partial charge in [-0.2, -0.15) is 0 Å². The highest BCUT2D eigenvalue weighted by molar-refractivity contribution is 5.85. The van der Waals surface area contributed by atoms with Crippen molar-refractivity contribution in [1.82, 2.24) is 5.32 Å². The maximum Gasteiger partial charge on any atom is 0.361 e. The molecule has 2 aliphatic rings. The molecule has 0 spiro atoms. The third-order valence-electron chi connectivity index (χ3n) is 3.99. The van der Waals surface area contributed by atoms with E-state index in [-0.39, 0.29) is 18.5 Å². The van der Waals surface area contributed by atoms with Gasteiger partial charge in [-0.15, -0.1) is 12.4 Å². The summed E-state index contributed by atoms with van der Waals surface area (Å²) < 4.78 is 28.3. The van der Waals surface area contributed by atoms with Crippen molar-refractivity contribution in [3.05, 3.63) is 48.5 Å². The van der Waals surface area contributed by atoms with Gasteiger partial charge in [0, 0.05) is 6.54 Å². The van der Waals surface area contributed by atoms with Gasteiger partial charge in [0.25, 0.3) is 0 Å². The number of rotatable bonds is 7. The van der Waals surface area contributed by atoms with Crippen LogP contribution in [-0.2, 0) is 4.74 Å². The summed E-state index contributed by atoms with van der Waals surface area (Å²) >= 11 is 0. The number of hydrogen-bond acceptors (Lipinski definition) is 6. The predicted molar refractivity (Wildman–Crippen MR) is 98.5 cm³/mol. The van der Waals surface area contributed by atoms with Gasteiger partial charge >= 0.3 is 6.48 Å². The summed E-state index contributed by atoms with van der Waals surface area (Å²) in [5.41, 5.74) is 0. The van der Waals surface area contributed by atoms with Crippen LogP contribution in [0.25, 0.3) is 0 Å². The minimum Gasteiger partial charge on any atom is -0.486 e. The molecule has 1 N–H and O–H groups in total. The van der Waals surface area contributed by atoms with E-state index in [2.05, 4.69) is 5.32 Å². The fraction of sp³-hybridized carbons (Fsp3) is 0.368. The highest BCUT2D eigenvalue weighted by Gasteiger charge is 2.24. The second kappa shape index (κ2) is 8.98. The molecule has 0 bridgehead atoms. The number of nitrogens with one attached hydrogen (secondary N) is 1. The number of hydrogen-bond donors (Lipinski definition) is 1. The lowest BCUT2D eigenvalue weighted by molar-refractivity contribution is -0.176. The summed E-state index contributed by atoms with van der Waals surface area (Å²) in [6.45, 7) is 2.01. The molecule has 2 heterocycles. The Bertz CT molecular complexity index is 689. The molecule has 0 amide bonds. The van der Waals surface area contributed by atoms with Crippen LogP contribution in [0.3, 0.4) is 0 Å². The van der Waals surface area contributed by atoms with E-state index in [0.717, 1.165) is 42.5 Å². The van der Waals surface area contributed by atoms with Gasteiger partial charge in [-0.3, -0.25) is 0 Å². The van der Waals surface area contributed by atoms with Crippen LogP contribution in [0.5, 0.6) is 23.0 Å². The van der Waals surface area contributed by atoms with E-state index in [1.165, 1.54) is 0 Å². The highest BCUT2D eigenvalue weighted by atomic mass is 35.5. The van der Waals surface area contributed by atoms with Gasteiger partial charge < -0.3 is 29.0 Å². The zero-order chi connectivity index (χ0) is 16.9. The predicted octanol–water partition coefficient (Wildman–Crippen LogP) is 3.00. The monoisotopic (exact) mass is 379 g/mol. The van der Waals surface area contributed by atoms with Crippen molar-refractivity contribution in [1.29, 1.82) is 0 Å². The molecule has 6 nitrogen and oxygen atoms in total. The lowest BCUT2D eigenvalue weighted by atomic mass is 10.2. The zero-order valence-electron chi connectivity index (χ0n) is 14.3. The van der Waals surface area contributed by atoms with Gasteiger partial charge in [0.15, 0.2) is 23.0 Å². The summed E-state index contributed by atoms with van der Waals surface area (Å²) in [6.07, 6.45) is 0.871. The van der Waals surface area contributed by atoms with E-state index >= 15 is 0 Å². The van der Waals surface area contributed by atoms with Gasteiger partial charge in [0.1, 0.15) is 12.7 Å².